The van der Waals surface area contributed by atoms with Crippen LogP contribution >= 0.6 is 0 Å². The highest BCUT2D eigenvalue weighted by molar-refractivity contribution is 5.88. The molecule has 0 radical (unpaired) electrons. The molecule has 0 aliphatic heterocycles. The number of hydrogen-bond acceptors (Lipinski definition) is 2. The Morgan fingerprint density at radius 1 is 1.41 bits per heavy atom. The molecular weight excluding hydrogens is 237 g/mol. The van der Waals surface area contributed by atoms with E-state index in [9.17, 15) is 18.0 Å². The molecule has 1 aromatic rings. The first-order chi connectivity index (χ1) is 7.66. The Hall–Kier alpha value is -1.53. The molecule has 96 valence electrons. The molecule has 0 bridgehead atoms. The predicted octanol–water partition coefficient (Wildman–Crippen LogP) is 2.61. The number of aromatic carboxylic acids is 1. The minimum absolute atomic E-state index is 0.535. The van der Waals surface area contributed by atoms with Gasteiger partial charge in [-0.2, -0.15) is 5.10 Å². The molecule has 0 fully saturated rings. The third kappa shape index (κ3) is 2.59. The molecule has 0 saturated heterocycles. The van der Waals surface area contributed by atoms with Gasteiger partial charge >= 0.3 is 5.97 Å². The molecule has 0 saturated carbocycles. The summed E-state index contributed by atoms with van der Waals surface area (Å²) in [5.74, 6) is -1.47. The van der Waals surface area contributed by atoms with Gasteiger partial charge in [0.1, 0.15) is 5.56 Å². The van der Waals surface area contributed by atoms with Crippen molar-refractivity contribution in [3.05, 3.63) is 17.5 Å². The fraction of sp³-hybridized carbons (Fsp3) is 0.600. The van der Waals surface area contributed by atoms with E-state index in [-0.39, 0.29) is 0 Å². The number of alkyl halides is 3. The van der Waals surface area contributed by atoms with Crippen LogP contribution in [-0.4, -0.2) is 27.3 Å². The zero-order valence-electron chi connectivity index (χ0n) is 9.62. The second-order valence-electron chi connectivity index (χ2n) is 4.57. The summed E-state index contributed by atoms with van der Waals surface area (Å²) in [6, 6.07) is 0. The Labute approximate surface area is 96.0 Å². The first-order valence-corrected chi connectivity index (χ1v) is 4.90. The van der Waals surface area contributed by atoms with Gasteiger partial charge in [0.25, 0.3) is 6.43 Å². The monoisotopic (exact) mass is 250 g/mol. The molecular formula is C10H13F3N2O2. The quantitative estimate of drug-likeness (QED) is 0.897. The predicted molar refractivity (Wildman–Crippen MR) is 54.0 cm³/mol. The third-order valence-corrected chi connectivity index (χ3v) is 2.15. The first-order valence-electron chi connectivity index (χ1n) is 4.90. The van der Waals surface area contributed by atoms with Crippen molar-refractivity contribution in [3.63, 3.8) is 0 Å². The molecule has 1 N–H and O–H groups in total. The average Bonchev–Trinajstić information content (AvgIpc) is 2.59. The van der Waals surface area contributed by atoms with Crippen molar-refractivity contribution >= 4 is 5.97 Å². The molecule has 0 spiro atoms. The summed E-state index contributed by atoms with van der Waals surface area (Å²) in [5.41, 5.74) is -1.91. The maximum absolute atomic E-state index is 13.4. The van der Waals surface area contributed by atoms with Gasteiger partial charge in [-0.05, 0) is 20.8 Å². The molecule has 0 amide bonds. The van der Waals surface area contributed by atoms with Crippen molar-refractivity contribution in [1.82, 2.24) is 9.78 Å². The molecule has 1 unspecified atom stereocenters. The van der Waals surface area contributed by atoms with Crippen LogP contribution < -0.4 is 0 Å². The second-order valence-corrected chi connectivity index (χ2v) is 4.57. The molecule has 4 nitrogen and oxygen atoms in total. The Balaban J connectivity index is 3.40. The third-order valence-electron chi connectivity index (χ3n) is 2.15. The summed E-state index contributed by atoms with van der Waals surface area (Å²) >= 11 is 0. The molecule has 0 aromatic carbocycles. The smallest absolute Gasteiger partial charge is 0.339 e. The number of carboxylic acids is 1. The Kier molecular flexibility index (Phi) is 3.49. The number of rotatable bonds is 3. The highest BCUT2D eigenvalue weighted by Crippen LogP contribution is 2.31. The van der Waals surface area contributed by atoms with E-state index in [0.29, 0.717) is 0 Å². The van der Waals surface area contributed by atoms with Crippen LogP contribution in [0.5, 0.6) is 0 Å². The maximum Gasteiger partial charge on any atom is 0.339 e. The molecule has 17 heavy (non-hydrogen) atoms. The highest BCUT2D eigenvalue weighted by atomic mass is 19.3. The van der Waals surface area contributed by atoms with Crippen LogP contribution in [0.25, 0.3) is 0 Å². The van der Waals surface area contributed by atoms with Crippen LogP contribution in [0.1, 0.15) is 43.0 Å². The number of aromatic nitrogens is 2. The van der Waals surface area contributed by atoms with Crippen molar-refractivity contribution in [3.8, 4) is 0 Å². The summed E-state index contributed by atoms with van der Waals surface area (Å²) in [5, 5.41) is 12.5. The van der Waals surface area contributed by atoms with Crippen molar-refractivity contribution < 1.29 is 23.1 Å². The molecule has 1 heterocycles. The normalized spacial score (nSPS) is 14.1. The summed E-state index contributed by atoms with van der Waals surface area (Å²) in [6.07, 6.45) is -5.06. The lowest BCUT2D eigenvalue weighted by Crippen LogP contribution is -2.28. The largest absolute Gasteiger partial charge is 0.478 e. The van der Waals surface area contributed by atoms with Crippen LogP contribution in [0.2, 0.25) is 0 Å². The summed E-state index contributed by atoms with van der Waals surface area (Å²) in [4.78, 5) is 10.8. The van der Waals surface area contributed by atoms with Gasteiger partial charge in [-0.1, -0.05) is 0 Å². The van der Waals surface area contributed by atoms with Crippen molar-refractivity contribution in [2.45, 2.75) is 38.9 Å². The van der Waals surface area contributed by atoms with Crippen LogP contribution in [0.3, 0.4) is 0 Å². The lowest BCUT2D eigenvalue weighted by molar-refractivity contribution is 0.0406. The lowest BCUT2D eigenvalue weighted by Gasteiger charge is -2.23. The highest BCUT2D eigenvalue weighted by Gasteiger charge is 2.34. The van der Waals surface area contributed by atoms with Gasteiger partial charge in [0.2, 0.25) is 6.17 Å². The molecule has 0 aliphatic carbocycles. The standard InChI is InChI=1S/C10H13F3N2O2/c1-10(2,3)15-7(6(11)8(12)13)5(4-14-15)9(16)17/h4,6,8H,1-3H3,(H,16,17). The summed E-state index contributed by atoms with van der Waals surface area (Å²) < 4.78 is 39.2. The topological polar surface area (TPSA) is 55.1 Å². The molecule has 7 heteroatoms. The van der Waals surface area contributed by atoms with Crippen molar-refractivity contribution in [2.75, 3.05) is 0 Å². The molecule has 0 aliphatic rings. The molecule has 1 rings (SSSR count). The Morgan fingerprint density at radius 2 is 1.94 bits per heavy atom. The summed E-state index contributed by atoms with van der Waals surface area (Å²) in [7, 11) is 0. The summed E-state index contributed by atoms with van der Waals surface area (Å²) in [6.45, 7) is 4.86. The fourth-order valence-corrected chi connectivity index (χ4v) is 1.44. The van der Waals surface area contributed by atoms with Crippen molar-refractivity contribution in [2.24, 2.45) is 0 Å². The van der Waals surface area contributed by atoms with E-state index in [1.165, 1.54) is 0 Å². The zero-order chi connectivity index (χ0) is 13.4. The van der Waals surface area contributed by atoms with Crippen LogP contribution in [0.4, 0.5) is 13.2 Å². The lowest BCUT2D eigenvalue weighted by atomic mass is 10.1. The van der Waals surface area contributed by atoms with Crippen LogP contribution in [0.15, 0.2) is 6.20 Å². The van der Waals surface area contributed by atoms with E-state index in [0.717, 1.165) is 10.9 Å². The number of hydrogen-bond donors (Lipinski definition) is 1. The average molecular weight is 250 g/mol. The Bertz CT molecular complexity index is 424. The fourth-order valence-electron chi connectivity index (χ4n) is 1.44. The molecule has 1 aromatic heterocycles. The SMILES string of the molecule is CC(C)(C)n1ncc(C(=O)O)c1C(F)C(F)F. The molecule has 1 atom stereocenters. The van der Waals surface area contributed by atoms with Gasteiger partial charge in [-0.15, -0.1) is 0 Å². The zero-order valence-corrected chi connectivity index (χ0v) is 9.62. The minimum Gasteiger partial charge on any atom is -0.478 e. The number of halogens is 3. The van der Waals surface area contributed by atoms with E-state index in [1.54, 1.807) is 20.8 Å². The maximum atomic E-state index is 13.4. The van der Waals surface area contributed by atoms with E-state index in [2.05, 4.69) is 5.10 Å². The van der Waals surface area contributed by atoms with Crippen LogP contribution in [-0.2, 0) is 5.54 Å². The van der Waals surface area contributed by atoms with Gasteiger partial charge in [-0.25, -0.2) is 18.0 Å². The van der Waals surface area contributed by atoms with Crippen molar-refractivity contribution in [1.29, 1.82) is 0 Å². The number of carboxylic acid groups (broad SMARTS) is 1. The number of carbonyl (C=O) groups is 1. The van der Waals surface area contributed by atoms with E-state index < -0.39 is 35.4 Å². The van der Waals surface area contributed by atoms with E-state index in [4.69, 9.17) is 5.11 Å². The van der Waals surface area contributed by atoms with E-state index in [1.807, 2.05) is 0 Å². The van der Waals surface area contributed by atoms with Gasteiger partial charge in [0, 0.05) is 0 Å². The first kappa shape index (κ1) is 13.5. The van der Waals surface area contributed by atoms with Gasteiger partial charge in [0.05, 0.1) is 17.4 Å². The van der Waals surface area contributed by atoms with Gasteiger partial charge < -0.3 is 5.11 Å². The van der Waals surface area contributed by atoms with E-state index >= 15 is 0 Å². The Morgan fingerprint density at radius 3 is 2.29 bits per heavy atom. The minimum atomic E-state index is -3.29. The van der Waals surface area contributed by atoms with Gasteiger partial charge in [-0.3, -0.25) is 4.68 Å². The second kappa shape index (κ2) is 4.38. The number of nitrogens with zero attached hydrogens (tertiary/aromatic N) is 2. The van der Waals surface area contributed by atoms with Crippen LogP contribution in [0, 0.1) is 0 Å². The van der Waals surface area contributed by atoms with Gasteiger partial charge in [0.15, 0.2) is 0 Å².